The molecule has 0 bridgehead atoms. The molecule has 10 heteroatoms. The van der Waals surface area contributed by atoms with Gasteiger partial charge in [0, 0.05) is 23.0 Å². The van der Waals surface area contributed by atoms with Crippen LogP contribution in [0.2, 0.25) is 0 Å². The van der Waals surface area contributed by atoms with E-state index < -0.39 is 41.6 Å². The molecule has 0 fully saturated rings. The minimum Gasteiger partial charge on any atom is -0.507 e. The highest BCUT2D eigenvalue weighted by molar-refractivity contribution is 7.80. The third kappa shape index (κ3) is 9.88. The Morgan fingerprint density at radius 1 is 1.02 bits per heavy atom. The Kier molecular flexibility index (Phi) is 12.4. The molecule has 3 atom stereocenters. The van der Waals surface area contributed by atoms with Crippen molar-refractivity contribution >= 4 is 36.2 Å². The molecule has 0 heterocycles. The molecule has 0 aliphatic carbocycles. The summed E-state index contributed by atoms with van der Waals surface area (Å²) in [6.45, 7) is 12.9. The van der Waals surface area contributed by atoms with Gasteiger partial charge in [0.1, 0.15) is 29.2 Å². The number of aromatic hydroxyl groups is 1. The zero-order valence-electron chi connectivity index (χ0n) is 25.4. The van der Waals surface area contributed by atoms with E-state index in [9.17, 15) is 19.5 Å². The van der Waals surface area contributed by atoms with Crippen LogP contribution in [0.4, 0.5) is 10.5 Å². The number of phenolic OH excluding ortho intramolecular Hbond substituents is 1. The quantitative estimate of drug-likeness (QED) is 0.231. The fourth-order valence-corrected chi connectivity index (χ4v) is 4.58. The molecule has 0 saturated heterocycles. The van der Waals surface area contributed by atoms with Crippen molar-refractivity contribution in [3.63, 3.8) is 0 Å². The molecule has 0 radical (unpaired) electrons. The zero-order valence-corrected chi connectivity index (χ0v) is 26.2. The number of amides is 3. The number of benzene rings is 2. The number of thiol groups is 1. The highest BCUT2D eigenvalue weighted by Crippen LogP contribution is 2.35. The van der Waals surface area contributed by atoms with Gasteiger partial charge in [-0.3, -0.25) is 9.59 Å². The van der Waals surface area contributed by atoms with E-state index in [2.05, 4.69) is 37.1 Å². The molecule has 2 rings (SSSR count). The van der Waals surface area contributed by atoms with E-state index in [1.54, 1.807) is 77.3 Å². The van der Waals surface area contributed by atoms with E-state index in [1.165, 1.54) is 4.90 Å². The maximum absolute atomic E-state index is 14.2. The predicted octanol–water partition coefficient (Wildman–Crippen LogP) is 5.87. The molecule has 0 aromatic heterocycles. The summed E-state index contributed by atoms with van der Waals surface area (Å²) in [5.41, 5.74) is 0.556. The Morgan fingerprint density at radius 2 is 1.66 bits per heavy atom. The second kappa shape index (κ2) is 15.0. The van der Waals surface area contributed by atoms with Gasteiger partial charge in [-0.2, -0.15) is 12.6 Å². The molecule has 226 valence electrons. The van der Waals surface area contributed by atoms with Gasteiger partial charge in [0.05, 0.1) is 7.11 Å². The number of methoxy groups -OCH3 is 1. The lowest BCUT2D eigenvalue weighted by atomic mass is 9.95. The van der Waals surface area contributed by atoms with Crippen LogP contribution in [0, 0.1) is 12.8 Å². The van der Waals surface area contributed by atoms with Crippen molar-refractivity contribution in [3.05, 3.63) is 53.6 Å². The first-order valence-electron chi connectivity index (χ1n) is 13.8. The second-order valence-corrected chi connectivity index (χ2v) is 11.9. The molecular formula is C31H45N3O6S. The average Bonchev–Trinajstić information content (AvgIpc) is 2.89. The summed E-state index contributed by atoms with van der Waals surface area (Å²) >= 11 is 4.35. The zero-order chi connectivity index (χ0) is 30.9. The van der Waals surface area contributed by atoms with Gasteiger partial charge in [0.25, 0.3) is 5.91 Å². The van der Waals surface area contributed by atoms with Crippen molar-refractivity contribution in [1.82, 2.24) is 10.2 Å². The Hall–Kier alpha value is -3.40. The number of phenols is 1. The number of nitrogens with one attached hydrogen (secondary N) is 2. The first-order valence-corrected chi connectivity index (χ1v) is 14.5. The van der Waals surface area contributed by atoms with Crippen molar-refractivity contribution in [2.24, 2.45) is 5.92 Å². The van der Waals surface area contributed by atoms with E-state index in [0.29, 0.717) is 29.3 Å². The summed E-state index contributed by atoms with van der Waals surface area (Å²) in [5, 5.41) is 16.6. The van der Waals surface area contributed by atoms with Crippen LogP contribution in [0.5, 0.6) is 11.5 Å². The van der Waals surface area contributed by atoms with Crippen LogP contribution in [-0.2, 0) is 14.3 Å². The first kappa shape index (κ1) is 33.8. The highest BCUT2D eigenvalue weighted by Gasteiger charge is 2.40. The molecule has 3 amide bonds. The van der Waals surface area contributed by atoms with E-state index in [4.69, 9.17) is 9.47 Å². The van der Waals surface area contributed by atoms with Crippen molar-refractivity contribution in [2.45, 2.75) is 85.0 Å². The van der Waals surface area contributed by atoms with Crippen LogP contribution in [0.1, 0.15) is 71.6 Å². The molecule has 9 nitrogen and oxygen atoms in total. The lowest BCUT2D eigenvalue weighted by Crippen LogP contribution is -2.55. The largest absolute Gasteiger partial charge is 0.507 e. The lowest BCUT2D eigenvalue weighted by Gasteiger charge is -2.39. The van der Waals surface area contributed by atoms with Gasteiger partial charge >= 0.3 is 6.09 Å². The minimum absolute atomic E-state index is 0.0297. The number of carbonyl (C=O) groups is 3. The van der Waals surface area contributed by atoms with E-state index in [-0.39, 0.29) is 17.1 Å². The molecule has 2 aromatic rings. The molecule has 3 N–H and O–H groups in total. The fourth-order valence-electron chi connectivity index (χ4n) is 4.33. The molecule has 0 saturated carbocycles. The van der Waals surface area contributed by atoms with Gasteiger partial charge < -0.3 is 30.1 Å². The molecule has 0 aliphatic rings. The van der Waals surface area contributed by atoms with Crippen molar-refractivity contribution in [3.8, 4) is 11.5 Å². The normalized spacial score (nSPS) is 13.6. The molecular weight excluding hydrogens is 542 g/mol. The summed E-state index contributed by atoms with van der Waals surface area (Å²) in [7, 11) is 1.55. The topological polar surface area (TPSA) is 117 Å². The number of hydrogen-bond donors (Lipinski definition) is 4. The van der Waals surface area contributed by atoms with Gasteiger partial charge in [-0.05, 0) is 83.2 Å². The number of aryl methyl sites for hydroxylation is 1. The summed E-state index contributed by atoms with van der Waals surface area (Å²) in [5.74, 6) is -0.167. The summed E-state index contributed by atoms with van der Waals surface area (Å²) in [6.07, 6.45) is 0.619. The van der Waals surface area contributed by atoms with Crippen molar-refractivity contribution < 1.29 is 29.0 Å². The monoisotopic (exact) mass is 587 g/mol. The van der Waals surface area contributed by atoms with Gasteiger partial charge in [0.2, 0.25) is 5.91 Å². The summed E-state index contributed by atoms with van der Waals surface area (Å²) in [4.78, 5) is 42.4. The van der Waals surface area contributed by atoms with Crippen LogP contribution in [0.3, 0.4) is 0 Å². The average molecular weight is 588 g/mol. The first-order chi connectivity index (χ1) is 19.2. The molecule has 0 aliphatic heterocycles. The van der Waals surface area contributed by atoms with Crippen LogP contribution in [0.25, 0.3) is 0 Å². The molecule has 0 spiro atoms. The predicted molar refractivity (Wildman–Crippen MR) is 165 cm³/mol. The Morgan fingerprint density at radius 3 is 2.20 bits per heavy atom. The third-order valence-corrected chi connectivity index (χ3v) is 6.88. The van der Waals surface area contributed by atoms with E-state index in [1.807, 2.05) is 6.92 Å². The van der Waals surface area contributed by atoms with Crippen molar-refractivity contribution in [2.75, 3.05) is 18.2 Å². The number of anilines is 1. The Balaban J connectivity index is 2.61. The van der Waals surface area contributed by atoms with E-state index in [0.717, 1.165) is 6.42 Å². The van der Waals surface area contributed by atoms with Gasteiger partial charge in [-0.25, -0.2) is 4.79 Å². The Labute approximate surface area is 249 Å². The van der Waals surface area contributed by atoms with Gasteiger partial charge in [-0.1, -0.05) is 32.0 Å². The second-order valence-electron chi connectivity index (χ2n) is 11.6. The standard InChI is InChI=1S/C31H45N3O6S/c1-19(2)12-13-21(4)34(29(37)25(18-41)33-30(38)40-31(5,6)7)26(24-11-9-10-20(3)27(24)35)28(36)32-22-14-16-23(39-8)17-15-22/h9-11,14-17,19,21,25-26,35,41H,12-13,18H2,1-8H3,(H,32,36)(H,33,38). The number of nitrogens with zero attached hydrogens (tertiary/aromatic N) is 1. The number of ether oxygens (including phenoxy) is 2. The molecule has 2 aromatic carbocycles. The van der Waals surface area contributed by atoms with Crippen LogP contribution < -0.4 is 15.4 Å². The lowest BCUT2D eigenvalue weighted by molar-refractivity contribution is -0.143. The summed E-state index contributed by atoms with van der Waals surface area (Å²) in [6, 6.07) is 9.17. The molecule has 41 heavy (non-hydrogen) atoms. The third-order valence-electron chi connectivity index (χ3n) is 6.51. The minimum atomic E-state index is -1.21. The molecule has 3 unspecified atom stereocenters. The maximum atomic E-state index is 14.2. The smallest absolute Gasteiger partial charge is 0.408 e. The maximum Gasteiger partial charge on any atom is 0.408 e. The van der Waals surface area contributed by atoms with Gasteiger partial charge in [0.15, 0.2) is 0 Å². The Bertz CT molecular complexity index is 1180. The van der Waals surface area contributed by atoms with Crippen molar-refractivity contribution in [1.29, 1.82) is 0 Å². The highest BCUT2D eigenvalue weighted by atomic mass is 32.1. The van der Waals surface area contributed by atoms with E-state index >= 15 is 0 Å². The van der Waals surface area contributed by atoms with Crippen LogP contribution in [-0.4, -0.2) is 58.5 Å². The summed E-state index contributed by atoms with van der Waals surface area (Å²) < 4.78 is 10.6. The fraction of sp³-hybridized carbons (Fsp3) is 0.516. The number of para-hydroxylation sites is 1. The SMILES string of the molecule is COc1ccc(NC(=O)C(c2cccc(C)c2O)N(C(=O)C(CS)NC(=O)OC(C)(C)C)C(C)CCC(C)C)cc1. The number of rotatable bonds is 12. The number of alkyl carbamates (subject to hydrolysis) is 1. The van der Waals surface area contributed by atoms with Gasteiger partial charge in [-0.15, -0.1) is 0 Å². The number of hydrogen-bond acceptors (Lipinski definition) is 7. The van der Waals surface area contributed by atoms with Crippen LogP contribution in [0.15, 0.2) is 42.5 Å². The van der Waals surface area contributed by atoms with Crippen LogP contribution >= 0.6 is 12.6 Å². The number of carbonyl (C=O) groups excluding carboxylic acids is 3.